The van der Waals surface area contributed by atoms with Gasteiger partial charge in [-0.05, 0) is 37.2 Å². The first-order valence-corrected chi connectivity index (χ1v) is 7.95. The van der Waals surface area contributed by atoms with Crippen LogP contribution in [0.5, 0.6) is 0 Å². The van der Waals surface area contributed by atoms with Gasteiger partial charge in [-0.2, -0.15) is 0 Å². The molecule has 0 radical (unpaired) electrons. The zero-order valence-corrected chi connectivity index (χ0v) is 13.2. The summed E-state index contributed by atoms with van der Waals surface area (Å²) in [6, 6.07) is 19.3. The molecule has 2 rings (SSSR count). The van der Waals surface area contributed by atoms with Gasteiger partial charge in [-0.3, -0.25) is 4.79 Å². The van der Waals surface area contributed by atoms with Crippen molar-refractivity contribution in [2.45, 2.75) is 19.8 Å². The lowest BCUT2D eigenvalue weighted by Gasteiger charge is -2.23. The number of nitrogens with one attached hydrogen (secondary N) is 1. The Morgan fingerprint density at radius 1 is 0.955 bits per heavy atom. The fourth-order valence-corrected chi connectivity index (χ4v) is 2.31. The summed E-state index contributed by atoms with van der Waals surface area (Å²) in [7, 11) is 0. The number of rotatable bonds is 8. The van der Waals surface area contributed by atoms with E-state index in [0.717, 1.165) is 30.8 Å². The Labute approximate surface area is 133 Å². The lowest BCUT2D eigenvalue weighted by molar-refractivity contribution is 0.0987. The van der Waals surface area contributed by atoms with Crippen LogP contribution in [0.15, 0.2) is 60.7 Å². The van der Waals surface area contributed by atoms with Gasteiger partial charge in [-0.15, -0.1) is 0 Å². The predicted octanol–water partition coefficient (Wildman–Crippen LogP) is 3.72. The summed E-state index contributed by atoms with van der Waals surface area (Å²) in [5.41, 5.74) is 1.66. The van der Waals surface area contributed by atoms with Crippen LogP contribution >= 0.6 is 0 Å². The number of carbonyl (C=O) groups excluding carboxylic acids is 1. The first-order chi connectivity index (χ1) is 10.8. The van der Waals surface area contributed by atoms with Crippen molar-refractivity contribution < 1.29 is 4.79 Å². The Kier molecular flexibility index (Phi) is 6.65. The van der Waals surface area contributed by atoms with Gasteiger partial charge in [-0.1, -0.05) is 49.7 Å². The van der Waals surface area contributed by atoms with Crippen molar-refractivity contribution in [1.29, 1.82) is 0 Å². The SMILES string of the molecule is CCCCNCCN(C(=O)c1ccccc1)c1ccccc1. The van der Waals surface area contributed by atoms with E-state index in [1.54, 1.807) is 0 Å². The number of hydrogen-bond donors (Lipinski definition) is 1. The van der Waals surface area contributed by atoms with E-state index < -0.39 is 0 Å². The Hall–Kier alpha value is -2.13. The summed E-state index contributed by atoms with van der Waals surface area (Å²) in [5, 5.41) is 3.40. The van der Waals surface area contributed by atoms with Crippen molar-refractivity contribution in [3.8, 4) is 0 Å². The van der Waals surface area contributed by atoms with Crippen LogP contribution in [0.4, 0.5) is 5.69 Å². The maximum absolute atomic E-state index is 12.8. The van der Waals surface area contributed by atoms with Gasteiger partial charge in [0, 0.05) is 24.3 Å². The second kappa shape index (κ2) is 9.00. The van der Waals surface area contributed by atoms with Gasteiger partial charge in [0.15, 0.2) is 0 Å². The highest BCUT2D eigenvalue weighted by molar-refractivity contribution is 6.06. The lowest BCUT2D eigenvalue weighted by Crippen LogP contribution is -2.37. The van der Waals surface area contributed by atoms with Crippen LogP contribution in [0.25, 0.3) is 0 Å². The summed E-state index contributed by atoms with van der Waals surface area (Å²) in [6.07, 6.45) is 2.34. The second-order valence-electron chi connectivity index (χ2n) is 5.26. The van der Waals surface area contributed by atoms with Gasteiger partial charge >= 0.3 is 0 Å². The smallest absolute Gasteiger partial charge is 0.258 e. The number of carbonyl (C=O) groups is 1. The lowest BCUT2D eigenvalue weighted by atomic mass is 10.2. The number of hydrogen-bond acceptors (Lipinski definition) is 2. The maximum Gasteiger partial charge on any atom is 0.258 e. The molecule has 1 amide bonds. The Bertz CT molecular complexity index is 554. The van der Waals surface area contributed by atoms with Crippen molar-refractivity contribution in [2.24, 2.45) is 0 Å². The van der Waals surface area contributed by atoms with Crippen molar-refractivity contribution in [3.63, 3.8) is 0 Å². The molecule has 0 saturated carbocycles. The molecule has 0 aliphatic heterocycles. The number of anilines is 1. The van der Waals surface area contributed by atoms with E-state index in [-0.39, 0.29) is 5.91 Å². The fraction of sp³-hybridized carbons (Fsp3) is 0.316. The highest BCUT2D eigenvalue weighted by Crippen LogP contribution is 2.16. The largest absolute Gasteiger partial charge is 0.315 e. The molecule has 0 heterocycles. The van der Waals surface area contributed by atoms with E-state index in [2.05, 4.69) is 12.2 Å². The highest BCUT2D eigenvalue weighted by Gasteiger charge is 2.16. The third kappa shape index (κ3) is 4.71. The summed E-state index contributed by atoms with van der Waals surface area (Å²) < 4.78 is 0. The van der Waals surface area contributed by atoms with Crippen molar-refractivity contribution in [1.82, 2.24) is 5.32 Å². The number of benzene rings is 2. The molecular formula is C19H24N2O. The van der Waals surface area contributed by atoms with Crippen LogP contribution in [0.3, 0.4) is 0 Å². The predicted molar refractivity (Wildman–Crippen MR) is 92.3 cm³/mol. The Morgan fingerprint density at radius 2 is 1.59 bits per heavy atom. The van der Waals surface area contributed by atoms with E-state index >= 15 is 0 Å². The number of nitrogens with zero attached hydrogens (tertiary/aromatic N) is 1. The van der Waals surface area contributed by atoms with E-state index in [1.165, 1.54) is 6.42 Å². The quantitative estimate of drug-likeness (QED) is 0.753. The van der Waals surface area contributed by atoms with E-state index in [9.17, 15) is 4.79 Å². The van der Waals surface area contributed by atoms with Crippen LogP contribution in [0, 0.1) is 0 Å². The van der Waals surface area contributed by atoms with Crippen LogP contribution in [-0.4, -0.2) is 25.5 Å². The number of para-hydroxylation sites is 1. The molecule has 0 saturated heterocycles. The fourth-order valence-electron chi connectivity index (χ4n) is 2.31. The van der Waals surface area contributed by atoms with Gasteiger partial charge in [0.05, 0.1) is 0 Å². The molecule has 1 N–H and O–H groups in total. The van der Waals surface area contributed by atoms with Crippen molar-refractivity contribution in [3.05, 3.63) is 66.2 Å². The van der Waals surface area contributed by atoms with Gasteiger partial charge in [0.25, 0.3) is 5.91 Å². The van der Waals surface area contributed by atoms with Gasteiger partial charge in [0.2, 0.25) is 0 Å². The maximum atomic E-state index is 12.8. The van der Waals surface area contributed by atoms with Crippen molar-refractivity contribution >= 4 is 11.6 Å². The molecule has 0 fully saturated rings. The average molecular weight is 296 g/mol. The minimum atomic E-state index is 0.0455. The standard InChI is InChI=1S/C19H24N2O/c1-2-3-14-20-15-16-21(18-12-8-5-9-13-18)19(22)17-10-6-4-7-11-17/h4-13,20H,2-3,14-16H2,1H3. The molecule has 0 atom stereocenters. The second-order valence-corrected chi connectivity index (χ2v) is 5.26. The minimum absolute atomic E-state index is 0.0455. The molecule has 116 valence electrons. The van der Waals surface area contributed by atoms with Gasteiger partial charge < -0.3 is 10.2 Å². The molecule has 3 heteroatoms. The summed E-state index contributed by atoms with van der Waals surface area (Å²) in [4.78, 5) is 14.6. The Morgan fingerprint density at radius 3 is 2.23 bits per heavy atom. The molecule has 3 nitrogen and oxygen atoms in total. The highest BCUT2D eigenvalue weighted by atomic mass is 16.2. The monoisotopic (exact) mass is 296 g/mol. The molecule has 22 heavy (non-hydrogen) atoms. The molecule has 2 aromatic rings. The average Bonchev–Trinajstić information content (AvgIpc) is 2.59. The van der Waals surface area contributed by atoms with Crippen molar-refractivity contribution in [2.75, 3.05) is 24.5 Å². The molecule has 0 aliphatic rings. The minimum Gasteiger partial charge on any atom is -0.315 e. The Balaban J connectivity index is 2.07. The topological polar surface area (TPSA) is 32.3 Å². The van der Waals surface area contributed by atoms with E-state index in [4.69, 9.17) is 0 Å². The van der Waals surface area contributed by atoms with Crippen LogP contribution in [0.1, 0.15) is 30.1 Å². The van der Waals surface area contributed by atoms with Gasteiger partial charge in [0.1, 0.15) is 0 Å². The summed E-state index contributed by atoms with van der Waals surface area (Å²) in [6.45, 7) is 4.64. The molecular weight excluding hydrogens is 272 g/mol. The number of unbranched alkanes of at least 4 members (excludes halogenated alkanes) is 1. The normalized spacial score (nSPS) is 10.4. The molecule has 0 bridgehead atoms. The third-order valence-corrected chi connectivity index (χ3v) is 3.55. The van der Waals surface area contributed by atoms with Gasteiger partial charge in [-0.25, -0.2) is 0 Å². The van der Waals surface area contributed by atoms with Crippen LogP contribution < -0.4 is 10.2 Å². The summed E-state index contributed by atoms with van der Waals surface area (Å²) in [5.74, 6) is 0.0455. The first kappa shape index (κ1) is 16.2. The first-order valence-electron chi connectivity index (χ1n) is 7.95. The summed E-state index contributed by atoms with van der Waals surface area (Å²) >= 11 is 0. The number of amides is 1. The van der Waals surface area contributed by atoms with E-state index in [0.29, 0.717) is 6.54 Å². The molecule has 2 aromatic carbocycles. The molecule has 0 unspecified atom stereocenters. The van der Waals surface area contributed by atoms with Crippen LogP contribution in [0.2, 0.25) is 0 Å². The van der Waals surface area contributed by atoms with Crippen LogP contribution in [-0.2, 0) is 0 Å². The molecule has 0 aromatic heterocycles. The van der Waals surface area contributed by atoms with E-state index in [1.807, 2.05) is 65.6 Å². The molecule has 0 spiro atoms. The zero-order valence-electron chi connectivity index (χ0n) is 13.2. The third-order valence-electron chi connectivity index (χ3n) is 3.55. The molecule has 0 aliphatic carbocycles. The zero-order chi connectivity index (χ0) is 15.6.